The molecule has 0 aliphatic rings. The number of aromatic nitrogens is 5. The Morgan fingerprint density at radius 3 is 2.20 bits per heavy atom. The van der Waals surface area contributed by atoms with E-state index in [4.69, 9.17) is 14.2 Å². The van der Waals surface area contributed by atoms with Crippen LogP contribution in [-0.4, -0.2) is 43.7 Å². The Bertz CT molecular complexity index is 2110. The highest BCUT2D eigenvalue weighted by Crippen LogP contribution is 2.35. The molecule has 0 amide bonds. The molecular formula is C34H25N5O5. The van der Waals surface area contributed by atoms with Gasteiger partial charge in [0.15, 0.2) is 0 Å². The molecule has 0 fully saturated rings. The Balaban J connectivity index is 1.16. The number of carbonyl (C=O) groups excluding carboxylic acids is 2. The van der Waals surface area contributed by atoms with Gasteiger partial charge in [-0.2, -0.15) is 9.97 Å². The topological polar surface area (TPSA) is 118 Å². The monoisotopic (exact) mass is 583 g/mol. The minimum absolute atomic E-state index is 0.0338. The third-order valence-electron chi connectivity index (χ3n) is 7.36. The molecule has 2 aromatic heterocycles. The fourth-order valence-corrected chi connectivity index (χ4v) is 5.43. The molecule has 0 aliphatic carbocycles. The van der Waals surface area contributed by atoms with Gasteiger partial charge in [0.25, 0.3) is 0 Å². The van der Waals surface area contributed by atoms with Crippen molar-refractivity contribution in [1.29, 1.82) is 0 Å². The first-order valence-corrected chi connectivity index (χ1v) is 14.0. The van der Waals surface area contributed by atoms with Gasteiger partial charge in [-0.1, -0.05) is 78.0 Å². The van der Waals surface area contributed by atoms with Crippen LogP contribution in [0.25, 0.3) is 49.3 Å². The third-order valence-corrected chi connectivity index (χ3v) is 7.36. The van der Waals surface area contributed by atoms with Crippen molar-refractivity contribution < 1.29 is 23.8 Å². The smallest absolute Gasteiger partial charge is 0.457 e. The van der Waals surface area contributed by atoms with Gasteiger partial charge >= 0.3 is 18.1 Å². The zero-order valence-electron chi connectivity index (χ0n) is 23.9. The van der Waals surface area contributed by atoms with E-state index in [9.17, 15) is 9.59 Å². The van der Waals surface area contributed by atoms with Gasteiger partial charge in [-0.05, 0) is 58.3 Å². The second kappa shape index (κ2) is 11.1. The van der Waals surface area contributed by atoms with E-state index in [0.29, 0.717) is 11.3 Å². The molecule has 10 heteroatoms. The standard InChI is InChI=1S/C34H25N5O5/c1-3-42-34(41)44-32(40)28-20(2)35-33(36-31(28)23-8-5-4-6-9-23)43-19-26-18-39(38-37-26)27-16-24-14-12-21-10-7-11-22-13-15-25(17-27)30(24)29(21)22/h4-18H,3,19H2,1-2H3. The molecule has 216 valence electrons. The molecule has 10 nitrogen and oxygen atoms in total. The lowest BCUT2D eigenvalue weighted by molar-refractivity contribution is 0.0401. The molecule has 7 aromatic rings. The van der Waals surface area contributed by atoms with Crippen molar-refractivity contribution in [2.75, 3.05) is 6.61 Å². The number of esters is 1. The molecule has 0 unspecified atom stereocenters. The van der Waals surface area contributed by atoms with Crippen LogP contribution in [0.15, 0.2) is 91.1 Å². The first-order chi connectivity index (χ1) is 21.5. The zero-order chi connectivity index (χ0) is 30.2. The summed E-state index contributed by atoms with van der Waals surface area (Å²) >= 11 is 0. The summed E-state index contributed by atoms with van der Waals surface area (Å²) in [5.74, 6) is -0.914. The van der Waals surface area contributed by atoms with E-state index in [-0.39, 0.29) is 36.2 Å². The number of hydrogen-bond donors (Lipinski definition) is 0. The molecule has 2 heterocycles. The molecule has 0 spiro atoms. The average Bonchev–Trinajstić information content (AvgIpc) is 3.52. The third kappa shape index (κ3) is 4.92. The largest absolute Gasteiger partial charge is 0.516 e. The quantitative estimate of drug-likeness (QED) is 0.113. The highest BCUT2D eigenvalue weighted by molar-refractivity contribution is 6.23. The van der Waals surface area contributed by atoms with Crippen LogP contribution in [0.3, 0.4) is 0 Å². The van der Waals surface area contributed by atoms with Crippen molar-refractivity contribution in [2.24, 2.45) is 0 Å². The maximum absolute atomic E-state index is 12.9. The highest BCUT2D eigenvalue weighted by atomic mass is 16.7. The number of ether oxygens (including phenoxy) is 3. The molecule has 0 saturated carbocycles. The number of carbonyl (C=O) groups is 2. The van der Waals surface area contributed by atoms with Crippen molar-refractivity contribution in [3.63, 3.8) is 0 Å². The summed E-state index contributed by atoms with van der Waals surface area (Å²) in [6, 6.07) is 28.2. The summed E-state index contributed by atoms with van der Waals surface area (Å²) in [7, 11) is 0. The van der Waals surface area contributed by atoms with Crippen LogP contribution < -0.4 is 4.74 Å². The van der Waals surface area contributed by atoms with Crippen molar-refractivity contribution in [2.45, 2.75) is 20.5 Å². The molecule has 0 N–H and O–H groups in total. The summed E-state index contributed by atoms with van der Waals surface area (Å²) in [6.07, 6.45) is 0.701. The first kappa shape index (κ1) is 27.0. The van der Waals surface area contributed by atoms with Crippen molar-refractivity contribution in [1.82, 2.24) is 25.0 Å². The van der Waals surface area contributed by atoms with E-state index in [1.165, 1.54) is 21.5 Å². The number of nitrogens with zero attached hydrogens (tertiary/aromatic N) is 5. The highest BCUT2D eigenvalue weighted by Gasteiger charge is 2.25. The first-order valence-electron chi connectivity index (χ1n) is 14.0. The minimum atomic E-state index is -1.09. The Labute approximate surface area is 251 Å². The van der Waals surface area contributed by atoms with Gasteiger partial charge in [-0.25, -0.2) is 14.3 Å². The molecule has 5 aromatic carbocycles. The zero-order valence-corrected chi connectivity index (χ0v) is 23.9. The normalized spacial score (nSPS) is 11.3. The van der Waals surface area contributed by atoms with Crippen LogP contribution in [-0.2, 0) is 16.1 Å². The summed E-state index contributed by atoms with van der Waals surface area (Å²) in [5.41, 5.74) is 2.64. The minimum Gasteiger partial charge on any atom is -0.457 e. The molecule has 0 radical (unpaired) electrons. The van der Waals surface area contributed by atoms with Crippen LogP contribution in [0.1, 0.15) is 28.7 Å². The Kier molecular flexibility index (Phi) is 6.78. The Hall–Kier alpha value is -5.90. The summed E-state index contributed by atoms with van der Waals surface area (Å²) in [6.45, 7) is 3.34. The summed E-state index contributed by atoms with van der Waals surface area (Å²) < 4.78 is 17.2. The SMILES string of the molecule is CCOC(=O)OC(=O)c1c(C)nc(OCc2cn(-c3cc4ccc5cccc6ccc(c3)c4c56)nn2)nc1-c1ccccc1. The molecular weight excluding hydrogens is 558 g/mol. The summed E-state index contributed by atoms with van der Waals surface area (Å²) in [5, 5.41) is 15.8. The maximum Gasteiger partial charge on any atom is 0.516 e. The average molecular weight is 584 g/mol. The van der Waals surface area contributed by atoms with E-state index >= 15 is 0 Å². The second-order valence-electron chi connectivity index (χ2n) is 10.2. The van der Waals surface area contributed by atoms with Gasteiger partial charge in [0.1, 0.15) is 17.9 Å². The number of rotatable bonds is 7. The number of hydrogen-bond acceptors (Lipinski definition) is 9. The van der Waals surface area contributed by atoms with Gasteiger partial charge in [0, 0.05) is 5.56 Å². The van der Waals surface area contributed by atoms with E-state index in [0.717, 1.165) is 16.5 Å². The summed E-state index contributed by atoms with van der Waals surface area (Å²) in [4.78, 5) is 33.6. The lowest BCUT2D eigenvalue weighted by Crippen LogP contribution is -2.17. The lowest BCUT2D eigenvalue weighted by Gasteiger charge is -2.12. The lowest BCUT2D eigenvalue weighted by atomic mass is 9.94. The Morgan fingerprint density at radius 2 is 1.50 bits per heavy atom. The van der Waals surface area contributed by atoms with E-state index in [1.807, 2.05) is 18.2 Å². The second-order valence-corrected chi connectivity index (χ2v) is 10.2. The van der Waals surface area contributed by atoms with Crippen LogP contribution in [0.5, 0.6) is 6.01 Å². The Morgan fingerprint density at radius 1 is 0.818 bits per heavy atom. The van der Waals surface area contributed by atoms with Crippen molar-refractivity contribution in [3.05, 3.63) is 108 Å². The van der Waals surface area contributed by atoms with Crippen LogP contribution in [0.4, 0.5) is 4.79 Å². The molecule has 0 bridgehead atoms. The number of aryl methyl sites for hydroxylation is 1. The van der Waals surface area contributed by atoms with Gasteiger partial charge in [0.2, 0.25) is 0 Å². The van der Waals surface area contributed by atoms with Crippen LogP contribution >= 0.6 is 0 Å². The predicted octanol–water partition coefficient (Wildman–Crippen LogP) is 6.82. The molecule has 0 aliphatic heterocycles. The maximum atomic E-state index is 12.9. The van der Waals surface area contributed by atoms with E-state index < -0.39 is 12.1 Å². The van der Waals surface area contributed by atoms with Gasteiger partial charge in [-0.3, -0.25) is 0 Å². The molecule has 7 rings (SSSR count). The molecule has 0 saturated heterocycles. The molecule has 44 heavy (non-hydrogen) atoms. The van der Waals surface area contributed by atoms with Crippen LogP contribution in [0.2, 0.25) is 0 Å². The fraction of sp³-hybridized carbons (Fsp3) is 0.118. The van der Waals surface area contributed by atoms with Crippen LogP contribution in [0, 0.1) is 6.92 Å². The van der Waals surface area contributed by atoms with E-state index in [2.05, 4.69) is 74.9 Å². The van der Waals surface area contributed by atoms with E-state index in [1.54, 1.807) is 36.9 Å². The fourth-order valence-electron chi connectivity index (χ4n) is 5.43. The molecule has 0 atom stereocenters. The predicted molar refractivity (Wildman–Crippen MR) is 164 cm³/mol. The van der Waals surface area contributed by atoms with Gasteiger partial charge < -0.3 is 14.2 Å². The van der Waals surface area contributed by atoms with Crippen molar-refractivity contribution >= 4 is 44.4 Å². The van der Waals surface area contributed by atoms with Crippen molar-refractivity contribution in [3.8, 4) is 23.0 Å². The number of benzene rings is 5. The van der Waals surface area contributed by atoms with Gasteiger partial charge in [-0.15, -0.1) is 5.10 Å². The van der Waals surface area contributed by atoms with Gasteiger partial charge in [0.05, 0.1) is 29.9 Å².